The number of halogens is 1. The van der Waals surface area contributed by atoms with Crippen molar-refractivity contribution in [2.75, 3.05) is 24.5 Å². The first kappa shape index (κ1) is 20.9. The highest BCUT2D eigenvalue weighted by Crippen LogP contribution is 2.35. The number of likely N-dealkylation sites (tertiary alicyclic amines) is 1. The molecule has 150 valence electrons. The Labute approximate surface area is 175 Å². The summed E-state index contributed by atoms with van der Waals surface area (Å²) in [5.41, 5.74) is 3.73. The Morgan fingerprint density at radius 1 is 0.964 bits per heavy atom. The number of hydrogen-bond acceptors (Lipinski definition) is 2. The van der Waals surface area contributed by atoms with Gasteiger partial charge in [0.05, 0.1) is 0 Å². The van der Waals surface area contributed by atoms with Gasteiger partial charge in [0, 0.05) is 37.3 Å². The molecular weight excluding hydrogens is 368 g/mol. The molecule has 4 rings (SSSR count). The van der Waals surface area contributed by atoms with Crippen molar-refractivity contribution in [1.82, 2.24) is 4.90 Å². The van der Waals surface area contributed by atoms with E-state index in [9.17, 15) is 4.79 Å². The largest absolute Gasteiger partial charge is 0.309 e. The summed E-state index contributed by atoms with van der Waals surface area (Å²) in [4.78, 5) is 17.7. The molecule has 1 saturated heterocycles. The van der Waals surface area contributed by atoms with Crippen molar-refractivity contribution < 1.29 is 4.79 Å². The molecule has 2 fully saturated rings. The van der Waals surface area contributed by atoms with E-state index in [1.54, 1.807) is 0 Å². The van der Waals surface area contributed by atoms with E-state index in [1.807, 2.05) is 0 Å². The first-order valence-corrected chi connectivity index (χ1v) is 10.4. The van der Waals surface area contributed by atoms with Gasteiger partial charge in [-0.1, -0.05) is 48.0 Å². The van der Waals surface area contributed by atoms with Gasteiger partial charge in [0.25, 0.3) is 0 Å². The minimum atomic E-state index is 0. The fourth-order valence-corrected chi connectivity index (χ4v) is 4.08. The maximum Gasteiger partial charge on any atom is 0.230 e. The minimum absolute atomic E-state index is 0. The zero-order valence-electron chi connectivity index (χ0n) is 16.7. The van der Waals surface area contributed by atoms with Crippen LogP contribution in [-0.4, -0.2) is 36.5 Å². The Morgan fingerprint density at radius 3 is 2.21 bits per heavy atom. The lowest BCUT2D eigenvalue weighted by molar-refractivity contribution is -0.120. The molecule has 2 aromatic carbocycles. The van der Waals surface area contributed by atoms with E-state index in [2.05, 4.69) is 71.3 Å². The van der Waals surface area contributed by atoms with Gasteiger partial charge >= 0.3 is 0 Å². The van der Waals surface area contributed by atoms with Crippen molar-refractivity contribution in [2.45, 2.75) is 45.1 Å². The summed E-state index contributed by atoms with van der Waals surface area (Å²) in [7, 11) is 0. The van der Waals surface area contributed by atoms with E-state index in [-0.39, 0.29) is 18.3 Å². The third-order valence-corrected chi connectivity index (χ3v) is 5.96. The zero-order chi connectivity index (χ0) is 18.6. The van der Waals surface area contributed by atoms with Crippen LogP contribution in [-0.2, 0) is 11.2 Å². The van der Waals surface area contributed by atoms with E-state index in [0.29, 0.717) is 11.9 Å². The first-order chi connectivity index (χ1) is 13.2. The van der Waals surface area contributed by atoms with Crippen LogP contribution in [0.5, 0.6) is 0 Å². The summed E-state index contributed by atoms with van der Waals surface area (Å²) in [6.45, 7) is 5.37. The highest BCUT2D eigenvalue weighted by molar-refractivity contribution is 5.97. The third-order valence-electron chi connectivity index (χ3n) is 5.96. The van der Waals surface area contributed by atoms with Crippen LogP contribution in [0.25, 0.3) is 0 Å². The normalized spacial score (nSPS) is 17.8. The number of piperidine rings is 1. The van der Waals surface area contributed by atoms with E-state index < -0.39 is 0 Å². The molecule has 1 saturated carbocycles. The molecule has 28 heavy (non-hydrogen) atoms. The molecule has 0 N–H and O–H groups in total. The van der Waals surface area contributed by atoms with Gasteiger partial charge in [-0.2, -0.15) is 0 Å². The van der Waals surface area contributed by atoms with E-state index in [0.717, 1.165) is 57.4 Å². The molecule has 0 bridgehead atoms. The number of anilines is 1. The molecule has 4 heteroatoms. The molecule has 1 amide bonds. The topological polar surface area (TPSA) is 23.6 Å². The van der Waals surface area contributed by atoms with Crippen LogP contribution in [0.1, 0.15) is 36.8 Å². The van der Waals surface area contributed by atoms with Crippen molar-refractivity contribution in [3.63, 3.8) is 0 Å². The monoisotopic (exact) mass is 398 g/mol. The van der Waals surface area contributed by atoms with Crippen molar-refractivity contribution >= 4 is 24.0 Å². The first-order valence-electron chi connectivity index (χ1n) is 10.4. The summed E-state index contributed by atoms with van der Waals surface area (Å²) >= 11 is 0. The number of rotatable bonds is 6. The van der Waals surface area contributed by atoms with Gasteiger partial charge in [-0.3, -0.25) is 4.79 Å². The second-order valence-corrected chi connectivity index (χ2v) is 8.13. The molecule has 0 atom stereocenters. The van der Waals surface area contributed by atoms with Crippen molar-refractivity contribution in [2.24, 2.45) is 5.92 Å². The summed E-state index contributed by atoms with van der Waals surface area (Å²) in [6, 6.07) is 19.6. The van der Waals surface area contributed by atoms with Gasteiger partial charge in [0.15, 0.2) is 0 Å². The zero-order valence-corrected chi connectivity index (χ0v) is 17.5. The van der Waals surface area contributed by atoms with Crippen molar-refractivity contribution in [1.29, 1.82) is 0 Å². The van der Waals surface area contributed by atoms with E-state index >= 15 is 0 Å². The standard InChI is InChI=1S/C24H30N2O.ClH/c1-19-7-11-22(12-8-19)26(24(27)21-9-10-21)23-14-17-25(18-15-23)16-13-20-5-3-2-4-6-20;/h2-8,11-12,21,23H,9-10,13-18H2,1H3;1H. The SMILES string of the molecule is Cc1ccc(N(C(=O)C2CC2)C2CCN(CCc3ccccc3)CC2)cc1.Cl. The van der Waals surface area contributed by atoms with Gasteiger partial charge in [-0.15, -0.1) is 12.4 Å². The molecule has 0 radical (unpaired) electrons. The fraction of sp³-hybridized carbons (Fsp3) is 0.458. The van der Waals surface area contributed by atoms with Gasteiger partial charge in [0.2, 0.25) is 5.91 Å². The Bertz CT molecular complexity index is 750. The number of amides is 1. The van der Waals surface area contributed by atoms with Crippen LogP contribution in [0.4, 0.5) is 5.69 Å². The molecule has 1 heterocycles. The quantitative estimate of drug-likeness (QED) is 0.693. The smallest absolute Gasteiger partial charge is 0.230 e. The Kier molecular flexibility index (Phi) is 7.14. The van der Waals surface area contributed by atoms with E-state index in [4.69, 9.17) is 0 Å². The molecule has 2 aromatic rings. The summed E-state index contributed by atoms with van der Waals surface area (Å²) in [5.74, 6) is 0.615. The van der Waals surface area contributed by atoms with Crippen LogP contribution >= 0.6 is 12.4 Å². The number of aryl methyl sites for hydroxylation is 1. The number of carbonyl (C=O) groups is 1. The second kappa shape index (κ2) is 9.58. The molecule has 3 nitrogen and oxygen atoms in total. The highest BCUT2D eigenvalue weighted by atomic mass is 35.5. The van der Waals surface area contributed by atoms with Crippen molar-refractivity contribution in [3.05, 3.63) is 65.7 Å². The second-order valence-electron chi connectivity index (χ2n) is 8.13. The van der Waals surface area contributed by atoms with Gasteiger partial charge in [-0.25, -0.2) is 0 Å². The number of nitrogens with zero attached hydrogens (tertiary/aromatic N) is 2. The summed E-state index contributed by atoms with van der Waals surface area (Å²) in [6.07, 6.45) is 5.38. The summed E-state index contributed by atoms with van der Waals surface area (Å²) < 4.78 is 0. The highest BCUT2D eigenvalue weighted by Gasteiger charge is 2.38. The Balaban J connectivity index is 0.00000225. The predicted molar refractivity (Wildman–Crippen MR) is 118 cm³/mol. The van der Waals surface area contributed by atoms with Gasteiger partial charge < -0.3 is 9.80 Å². The minimum Gasteiger partial charge on any atom is -0.309 e. The maximum absolute atomic E-state index is 13.0. The number of hydrogen-bond donors (Lipinski definition) is 0. The molecule has 0 spiro atoms. The number of carbonyl (C=O) groups excluding carboxylic acids is 1. The van der Waals surface area contributed by atoms with Crippen LogP contribution in [0.15, 0.2) is 54.6 Å². The average Bonchev–Trinajstić information content (AvgIpc) is 3.55. The predicted octanol–water partition coefficient (Wildman–Crippen LogP) is 4.87. The fourth-order valence-electron chi connectivity index (χ4n) is 4.08. The molecule has 2 aliphatic rings. The molecule has 1 aliphatic heterocycles. The van der Waals surface area contributed by atoms with Gasteiger partial charge in [0.1, 0.15) is 0 Å². The van der Waals surface area contributed by atoms with Crippen LogP contribution < -0.4 is 4.90 Å². The average molecular weight is 399 g/mol. The molecule has 0 unspecified atom stereocenters. The lowest BCUT2D eigenvalue weighted by Gasteiger charge is -2.39. The third kappa shape index (κ3) is 5.15. The van der Waals surface area contributed by atoms with E-state index in [1.165, 1.54) is 11.1 Å². The molecule has 1 aliphatic carbocycles. The van der Waals surface area contributed by atoms with Gasteiger partial charge in [-0.05, 0) is 56.7 Å². The number of benzene rings is 2. The van der Waals surface area contributed by atoms with Crippen LogP contribution in [0.3, 0.4) is 0 Å². The van der Waals surface area contributed by atoms with Crippen molar-refractivity contribution in [3.8, 4) is 0 Å². The lowest BCUT2D eigenvalue weighted by Crippen LogP contribution is -2.48. The Morgan fingerprint density at radius 2 is 1.61 bits per heavy atom. The van der Waals surface area contributed by atoms with Crippen LogP contribution in [0.2, 0.25) is 0 Å². The molecular formula is C24H31ClN2O. The summed E-state index contributed by atoms with van der Waals surface area (Å²) in [5, 5.41) is 0. The maximum atomic E-state index is 13.0. The lowest BCUT2D eigenvalue weighted by atomic mass is 10.0. The van der Waals surface area contributed by atoms with Crippen LogP contribution in [0, 0.1) is 12.8 Å². The molecule has 0 aromatic heterocycles. The Hall–Kier alpha value is -1.84.